The molecule has 4 heterocycles. The van der Waals surface area contributed by atoms with Crippen LogP contribution >= 0.6 is 0 Å². The Morgan fingerprint density at radius 1 is 1.20 bits per heavy atom. The van der Waals surface area contributed by atoms with Gasteiger partial charge in [-0.25, -0.2) is 19.3 Å². The molecule has 2 aromatic heterocycles. The molecule has 0 bridgehead atoms. The van der Waals surface area contributed by atoms with Crippen LogP contribution in [0.2, 0.25) is 0 Å². The van der Waals surface area contributed by atoms with Crippen LogP contribution in [0.1, 0.15) is 19.1 Å². The van der Waals surface area contributed by atoms with Gasteiger partial charge >= 0.3 is 0 Å². The van der Waals surface area contributed by atoms with E-state index < -0.39 is 31.2 Å². The number of aromatic nitrogens is 4. The molecule has 0 spiro atoms. The number of hydrogen-bond donors (Lipinski definition) is 3. The Labute approximate surface area is 142 Å². The summed E-state index contributed by atoms with van der Waals surface area (Å²) in [6, 6.07) is 0.239. The van der Waals surface area contributed by atoms with Gasteiger partial charge in [-0.15, -0.1) is 0 Å². The van der Waals surface area contributed by atoms with Crippen molar-refractivity contribution in [3.8, 4) is 0 Å². The molecule has 2 saturated heterocycles. The van der Waals surface area contributed by atoms with E-state index in [1.165, 1.54) is 17.2 Å². The predicted molar refractivity (Wildman–Crippen MR) is 84.7 cm³/mol. The Morgan fingerprint density at radius 2 is 2.00 bits per heavy atom. The van der Waals surface area contributed by atoms with Crippen molar-refractivity contribution in [1.82, 2.24) is 19.5 Å². The van der Waals surface area contributed by atoms with Crippen molar-refractivity contribution in [3.63, 3.8) is 0 Å². The molecule has 136 valence electrons. The number of alkyl halides is 1. The molecule has 0 aliphatic carbocycles. The maximum absolute atomic E-state index is 12.9. The fourth-order valence-electron chi connectivity index (χ4n) is 3.27. The zero-order valence-corrected chi connectivity index (χ0v) is 13.5. The second-order valence-corrected chi connectivity index (χ2v) is 6.28. The largest absolute Gasteiger partial charge is 0.387 e. The van der Waals surface area contributed by atoms with Gasteiger partial charge in [0.05, 0.1) is 6.33 Å². The fourth-order valence-corrected chi connectivity index (χ4v) is 3.27. The molecule has 9 nitrogen and oxygen atoms in total. The Morgan fingerprint density at radius 3 is 2.72 bits per heavy atom. The Kier molecular flexibility index (Phi) is 4.50. The third-order valence-electron chi connectivity index (χ3n) is 4.68. The van der Waals surface area contributed by atoms with Crippen LogP contribution in [0.4, 0.5) is 10.2 Å². The van der Waals surface area contributed by atoms with E-state index in [9.17, 15) is 14.6 Å². The van der Waals surface area contributed by atoms with Crippen LogP contribution in [-0.4, -0.2) is 74.0 Å². The molecule has 2 aliphatic rings. The summed E-state index contributed by atoms with van der Waals surface area (Å²) in [6.07, 6.45) is 0.0181. The van der Waals surface area contributed by atoms with Gasteiger partial charge in [-0.3, -0.25) is 4.57 Å². The minimum atomic E-state index is -1.30. The molecule has 0 radical (unpaired) electrons. The highest BCUT2D eigenvalue weighted by molar-refractivity contribution is 5.82. The number of hydrogen-bond acceptors (Lipinski definition) is 8. The summed E-state index contributed by atoms with van der Waals surface area (Å²) in [4.78, 5) is 12.8. The lowest BCUT2D eigenvalue weighted by Gasteiger charge is -2.23. The number of rotatable bonds is 4. The highest BCUT2D eigenvalue weighted by atomic mass is 19.1. The van der Waals surface area contributed by atoms with E-state index in [4.69, 9.17) is 9.47 Å². The van der Waals surface area contributed by atoms with Crippen LogP contribution in [0.25, 0.3) is 11.2 Å². The third-order valence-corrected chi connectivity index (χ3v) is 4.68. The highest BCUT2D eigenvalue weighted by Gasteiger charge is 2.44. The van der Waals surface area contributed by atoms with E-state index in [2.05, 4.69) is 20.3 Å². The quantitative estimate of drug-likeness (QED) is 0.704. The van der Waals surface area contributed by atoms with Gasteiger partial charge in [0.2, 0.25) is 0 Å². The summed E-state index contributed by atoms with van der Waals surface area (Å²) in [6.45, 7) is 0.517. The van der Waals surface area contributed by atoms with E-state index >= 15 is 0 Å². The number of nitrogens with zero attached hydrogens (tertiary/aromatic N) is 4. The minimum Gasteiger partial charge on any atom is -0.387 e. The van der Waals surface area contributed by atoms with Crippen LogP contribution in [-0.2, 0) is 9.47 Å². The third kappa shape index (κ3) is 2.95. The SMILES string of the molecule is O[C@@H]1[C@H](O)[C@@H](CF)O[C@H]1n1cnc2c(NC3CCOCC3)ncnc21. The van der Waals surface area contributed by atoms with Gasteiger partial charge in [-0.05, 0) is 12.8 Å². The van der Waals surface area contributed by atoms with Gasteiger partial charge in [0.15, 0.2) is 23.2 Å². The number of fused-ring (bicyclic) bond motifs is 1. The van der Waals surface area contributed by atoms with Gasteiger partial charge in [-0.2, -0.15) is 0 Å². The molecule has 3 N–H and O–H groups in total. The molecular weight excluding hydrogens is 333 g/mol. The van der Waals surface area contributed by atoms with E-state index in [0.29, 0.717) is 30.2 Å². The van der Waals surface area contributed by atoms with Crippen molar-refractivity contribution < 1.29 is 24.1 Å². The molecular formula is C15H20FN5O4. The highest BCUT2D eigenvalue weighted by Crippen LogP contribution is 2.32. The Bertz CT molecular complexity index is 738. The first kappa shape index (κ1) is 16.6. The summed E-state index contributed by atoms with van der Waals surface area (Å²) in [7, 11) is 0. The van der Waals surface area contributed by atoms with Crippen molar-refractivity contribution in [2.24, 2.45) is 0 Å². The summed E-state index contributed by atoms with van der Waals surface area (Å²) < 4.78 is 25.2. The first-order valence-electron chi connectivity index (χ1n) is 8.28. The van der Waals surface area contributed by atoms with E-state index in [1.807, 2.05) is 0 Å². The van der Waals surface area contributed by atoms with Gasteiger partial charge in [0.1, 0.15) is 31.3 Å². The molecule has 4 atom stereocenters. The first-order valence-corrected chi connectivity index (χ1v) is 8.28. The maximum atomic E-state index is 12.9. The standard InChI is InChI=1S/C15H20FN5O4/c16-5-9-11(22)12(23)15(25-9)21-7-19-10-13(17-6-18-14(10)21)20-8-1-3-24-4-2-8/h6-9,11-12,15,22-23H,1-5H2,(H,17,18,20)/t9-,11-,12-,15-/m1/s1. The molecule has 0 amide bonds. The number of anilines is 1. The van der Waals surface area contributed by atoms with Gasteiger partial charge in [0, 0.05) is 19.3 Å². The molecule has 0 saturated carbocycles. The number of imidazole rings is 1. The normalized spacial score (nSPS) is 30.8. The fraction of sp³-hybridized carbons (Fsp3) is 0.667. The molecule has 2 aliphatic heterocycles. The average Bonchev–Trinajstić information content (AvgIpc) is 3.18. The second kappa shape index (κ2) is 6.79. The number of ether oxygens (including phenoxy) is 2. The zero-order valence-electron chi connectivity index (χ0n) is 13.5. The van der Waals surface area contributed by atoms with Crippen molar-refractivity contribution in [2.45, 2.75) is 43.4 Å². The van der Waals surface area contributed by atoms with Gasteiger partial charge in [0.25, 0.3) is 0 Å². The van der Waals surface area contributed by atoms with Crippen LogP contribution in [0, 0.1) is 0 Å². The van der Waals surface area contributed by atoms with E-state index in [1.54, 1.807) is 0 Å². The zero-order chi connectivity index (χ0) is 17.4. The molecule has 10 heteroatoms. The molecule has 4 rings (SSSR count). The summed E-state index contributed by atoms with van der Waals surface area (Å²) in [5, 5.41) is 23.4. The summed E-state index contributed by atoms with van der Waals surface area (Å²) in [5.74, 6) is 0.589. The molecule has 25 heavy (non-hydrogen) atoms. The lowest BCUT2D eigenvalue weighted by molar-refractivity contribution is -0.0409. The monoisotopic (exact) mass is 353 g/mol. The molecule has 0 aromatic carbocycles. The molecule has 2 fully saturated rings. The Balaban J connectivity index is 1.62. The first-order chi connectivity index (χ1) is 12.2. The van der Waals surface area contributed by atoms with Crippen LogP contribution in [0.3, 0.4) is 0 Å². The summed E-state index contributed by atoms with van der Waals surface area (Å²) in [5.41, 5.74) is 0.975. The molecule has 0 unspecified atom stereocenters. The maximum Gasteiger partial charge on any atom is 0.167 e. The minimum absolute atomic E-state index is 0.239. The van der Waals surface area contributed by atoms with E-state index in [0.717, 1.165) is 12.8 Å². The van der Waals surface area contributed by atoms with Crippen molar-refractivity contribution in [1.29, 1.82) is 0 Å². The second-order valence-electron chi connectivity index (χ2n) is 6.28. The Hall–Kier alpha value is -1.88. The lowest BCUT2D eigenvalue weighted by atomic mass is 10.1. The number of aliphatic hydroxyl groups is 2. The van der Waals surface area contributed by atoms with Crippen molar-refractivity contribution in [3.05, 3.63) is 12.7 Å². The number of nitrogens with one attached hydrogen (secondary N) is 1. The van der Waals surface area contributed by atoms with Crippen LogP contribution in [0.15, 0.2) is 12.7 Å². The van der Waals surface area contributed by atoms with Crippen LogP contribution < -0.4 is 5.32 Å². The average molecular weight is 353 g/mol. The number of halogens is 1. The summed E-state index contributed by atoms with van der Waals surface area (Å²) >= 11 is 0. The van der Waals surface area contributed by atoms with Crippen molar-refractivity contribution >= 4 is 17.0 Å². The molecule has 2 aromatic rings. The van der Waals surface area contributed by atoms with Gasteiger partial charge < -0.3 is 25.0 Å². The predicted octanol–water partition coefficient (Wildman–Crippen LogP) is 0.00590. The smallest absolute Gasteiger partial charge is 0.167 e. The number of aliphatic hydroxyl groups excluding tert-OH is 2. The van der Waals surface area contributed by atoms with E-state index in [-0.39, 0.29) is 6.04 Å². The van der Waals surface area contributed by atoms with Crippen LogP contribution in [0.5, 0.6) is 0 Å². The topological polar surface area (TPSA) is 115 Å². The van der Waals surface area contributed by atoms with Crippen molar-refractivity contribution in [2.75, 3.05) is 25.2 Å². The van der Waals surface area contributed by atoms with Gasteiger partial charge in [-0.1, -0.05) is 0 Å². The lowest BCUT2D eigenvalue weighted by Crippen LogP contribution is -2.32.